The summed E-state index contributed by atoms with van der Waals surface area (Å²) in [4.78, 5) is 4.48. The number of rotatable bonds is 7. The van der Waals surface area contributed by atoms with Gasteiger partial charge in [0.25, 0.3) is 0 Å². The van der Waals surface area contributed by atoms with Crippen LogP contribution in [0.15, 0.2) is 41.1 Å². The van der Waals surface area contributed by atoms with Crippen LogP contribution in [-0.4, -0.2) is 17.6 Å². The van der Waals surface area contributed by atoms with Gasteiger partial charge in [-0.3, -0.25) is 4.98 Å². The number of aromatic nitrogens is 1. The highest BCUT2D eigenvalue weighted by Gasteiger charge is 2.11. The fraction of sp³-hybridized carbons (Fsp3) is 0.438. The molecular formula is C16H22N2O. The third kappa shape index (κ3) is 4.21. The summed E-state index contributed by atoms with van der Waals surface area (Å²) in [5, 5.41) is 3.54. The summed E-state index contributed by atoms with van der Waals surface area (Å²) >= 11 is 0. The highest BCUT2D eigenvalue weighted by Crippen LogP contribution is 2.11. The van der Waals surface area contributed by atoms with Crippen LogP contribution in [0.5, 0.6) is 0 Å². The average molecular weight is 258 g/mol. The predicted molar refractivity (Wildman–Crippen MR) is 77.2 cm³/mol. The number of furan rings is 1. The Morgan fingerprint density at radius 3 is 2.89 bits per heavy atom. The molecule has 0 saturated heterocycles. The van der Waals surface area contributed by atoms with E-state index in [1.54, 1.807) is 6.26 Å². The quantitative estimate of drug-likeness (QED) is 0.829. The minimum Gasteiger partial charge on any atom is -0.469 e. The average Bonchev–Trinajstić information content (AvgIpc) is 2.92. The lowest BCUT2D eigenvalue weighted by Crippen LogP contribution is -2.32. The second kappa shape index (κ2) is 7.10. The van der Waals surface area contributed by atoms with Gasteiger partial charge in [-0.2, -0.15) is 0 Å². The number of hydrogen-bond acceptors (Lipinski definition) is 3. The normalized spacial score (nSPS) is 12.5. The largest absolute Gasteiger partial charge is 0.469 e. The molecular weight excluding hydrogens is 236 g/mol. The molecule has 3 nitrogen and oxygen atoms in total. The van der Waals surface area contributed by atoms with E-state index in [1.807, 2.05) is 24.4 Å². The molecule has 0 aliphatic heterocycles. The SMILES string of the molecule is CCNC(CCc1ccco1)Cc1ncccc1C. The number of likely N-dealkylation sites (N-methyl/N-ethyl adjacent to an activating group) is 1. The smallest absolute Gasteiger partial charge is 0.103 e. The molecule has 19 heavy (non-hydrogen) atoms. The van der Waals surface area contributed by atoms with Crippen LogP contribution < -0.4 is 5.32 Å². The first-order valence-electron chi connectivity index (χ1n) is 6.96. The van der Waals surface area contributed by atoms with Crippen LogP contribution in [0, 0.1) is 6.92 Å². The zero-order chi connectivity index (χ0) is 13.5. The van der Waals surface area contributed by atoms with Crippen LogP contribution in [0.1, 0.15) is 30.4 Å². The first-order chi connectivity index (χ1) is 9.29. The minimum atomic E-state index is 0.448. The summed E-state index contributed by atoms with van der Waals surface area (Å²) < 4.78 is 5.39. The highest BCUT2D eigenvalue weighted by atomic mass is 16.3. The van der Waals surface area contributed by atoms with E-state index in [0.29, 0.717) is 6.04 Å². The predicted octanol–water partition coefficient (Wildman–Crippen LogP) is 3.14. The number of aryl methyl sites for hydroxylation is 2. The van der Waals surface area contributed by atoms with Crippen molar-refractivity contribution in [2.24, 2.45) is 0 Å². The van der Waals surface area contributed by atoms with Gasteiger partial charge < -0.3 is 9.73 Å². The van der Waals surface area contributed by atoms with Crippen molar-refractivity contribution < 1.29 is 4.42 Å². The van der Waals surface area contributed by atoms with Crippen molar-refractivity contribution in [1.82, 2.24) is 10.3 Å². The fourth-order valence-electron chi connectivity index (χ4n) is 2.30. The lowest BCUT2D eigenvalue weighted by atomic mass is 10.0. The molecule has 0 aliphatic carbocycles. The summed E-state index contributed by atoms with van der Waals surface area (Å²) in [5.41, 5.74) is 2.45. The highest BCUT2D eigenvalue weighted by molar-refractivity contribution is 5.18. The molecule has 1 unspecified atom stereocenters. The van der Waals surface area contributed by atoms with Crippen LogP contribution in [-0.2, 0) is 12.8 Å². The molecule has 0 aromatic carbocycles. The van der Waals surface area contributed by atoms with Gasteiger partial charge in [-0.15, -0.1) is 0 Å². The summed E-state index contributed by atoms with van der Waals surface area (Å²) in [6, 6.07) is 8.54. The Labute approximate surface area is 115 Å². The zero-order valence-electron chi connectivity index (χ0n) is 11.7. The molecule has 3 heteroatoms. The lowest BCUT2D eigenvalue weighted by molar-refractivity contribution is 0.445. The van der Waals surface area contributed by atoms with Crippen molar-refractivity contribution in [3.8, 4) is 0 Å². The first kappa shape index (κ1) is 13.8. The van der Waals surface area contributed by atoms with Crippen molar-refractivity contribution in [3.63, 3.8) is 0 Å². The van der Waals surface area contributed by atoms with Crippen LogP contribution in [0.25, 0.3) is 0 Å². The Hall–Kier alpha value is -1.61. The van der Waals surface area contributed by atoms with Crippen LogP contribution in [0.3, 0.4) is 0 Å². The molecule has 0 aliphatic rings. The Balaban J connectivity index is 1.94. The van der Waals surface area contributed by atoms with Crippen LogP contribution in [0.2, 0.25) is 0 Å². The van der Waals surface area contributed by atoms with Gasteiger partial charge in [0.1, 0.15) is 5.76 Å². The number of nitrogens with one attached hydrogen (secondary N) is 1. The summed E-state index contributed by atoms with van der Waals surface area (Å²) in [6.45, 7) is 5.25. The second-order valence-corrected chi connectivity index (χ2v) is 4.84. The summed E-state index contributed by atoms with van der Waals surface area (Å²) in [5.74, 6) is 1.06. The molecule has 0 amide bonds. The third-order valence-corrected chi connectivity index (χ3v) is 3.37. The molecule has 0 radical (unpaired) electrons. The van der Waals surface area contributed by atoms with E-state index >= 15 is 0 Å². The Morgan fingerprint density at radius 1 is 1.32 bits per heavy atom. The van der Waals surface area contributed by atoms with Crippen molar-refractivity contribution in [2.75, 3.05) is 6.54 Å². The van der Waals surface area contributed by atoms with Crippen molar-refractivity contribution in [3.05, 3.63) is 53.7 Å². The summed E-state index contributed by atoms with van der Waals surface area (Å²) in [6.07, 6.45) is 6.62. The maximum absolute atomic E-state index is 5.39. The molecule has 1 N–H and O–H groups in total. The second-order valence-electron chi connectivity index (χ2n) is 4.84. The number of nitrogens with zero attached hydrogens (tertiary/aromatic N) is 1. The monoisotopic (exact) mass is 258 g/mol. The van der Waals surface area contributed by atoms with E-state index in [9.17, 15) is 0 Å². The molecule has 2 heterocycles. The third-order valence-electron chi connectivity index (χ3n) is 3.37. The zero-order valence-corrected chi connectivity index (χ0v) is 11.7. The van der Waals surface area contributed by atoms with Crippen LogP contribution in [0.4, 0.5) is 0 Å². The van der Waals surface area contributed by atoms with E-state index in [1.165, 1.54) is 11.3 Å². The van der Waals surface area contributed by atoms with Gasteiger partial charge in [-0.1, -0.05) is 13.0 Å². The fourth-order valence-corrected chi connectivity index (χ4v) is 2.30. The number of pyridine rings is 1. The lowest BCUT2D eigenvalue weighted by Gasteiger charge is -2.17. The molecule has 0 saturated carbocycles. The maximum Gasteiger partial charge on any atom is 0.103 e. The van der Waals surface area contributed by atoms with E-state index in [4.69, 9.17) is 4.42 Å². The standard InChI is InChI=1S/C16H22N2O/c1-3-17-14(8-9-15-7-5-11-19-15)12-16-13(2)6-4-10-18-16/h4-7,10-11,14,17H,3,8-9,12H2,1-2H3. The van der Waals surface area contributed by atoms with E-state index in [2.05, 4.69) is 30.2 Å². The van der Waals surface area contributed by atoms with E-state index < -0.39 is 0 Å². The molecule has 2 aromatic rings. The van der Waals surface area contributed by atoms with Crippen molar-refractivity contribution in [2.45, 2.75) is 39.2 Å². The molecule has 0 spiro atoms. The van der Waals surface area contributed by atoms with Gasteiger partial charge in [0.2, 0.25) is 0 Å². The molecule has 1 atom stereocenters. The van der Waals surface area contributed by atoms with Gasteiger partial charge >= 0.3 is 0 Å². The van der Waals surface area contributed by atoms with Gasteiger partial charge in [0, 0.05) is 30.8 Å². The first-order valence-corrected chi connectivity index (χ1v) is 6.96. The maximum atomic E-state index is 5.39. The molecule has 102 valence electrons. The van der Waals surface area contributed by atoms with E-state index in [-0.39, 0.29) is 0 Å². The van der Waals surface area contributed by atoms with Crippen molar-refractivity contribution in [1.29, 1.82) is 0 Å². The molecule has 0 bridgehead atoms. The van der Waals surface area contributed by atoms with Gasteiger partial charge in [0.05, 0.1) is 6.26 Å². The van der Waals surface area contributed by atoms with Gasteiger partial charge in [0.15, 0.2) is 0 Å². The molecule has 2 rings (SSSR count). The van der Waals surface area contributed by atoms with Gasteiger partial charge in [-0.25, -0.2) is 0 Å². The van der Waals surface area contributed by atoms with Crippen LogP contribution >= 0.6 is 0 Å². The summed E-state index contributed by atoms with van der Waals surface area (Å²) in [7, 11) is 0. The molecule has 2 aromatic heterocycles. The van der Waals surface area contributed by atoms with Crippen molar-refractivity contribution >= 4 is 0 Å². The molecule has 0 fully saturated rings. The minimum absolute atomic E-state index is 0.448. The van der Waals surface area contributed by atoms with Gasteiger partial charge in [-0.05, 0) is 43.7 Å². The van der Waals surface area contributed by atoms with E-state index in [0.717, 1.165) is 31.6 Å². The Morgan fingerprint density at radius 2 is 2.21 bits per heavy atom. The number of hydrogen-bond donors (Lipinski definition) is 1. The Bertz CT molecular complexity index is 479. The topological polar surface area (TPSA) is 38.1 Å². The Kier molecular flexibility index (Phi) is 5.16.